The van der Waals surface area contributed by atoms with Gasteiger partial charge in [0.25, 0.3) is 17.6 Å². The van der Waals surface area contributed by atoms with Crippen LogP contribution < -0.4 is 5.84 Å². The number of carbonyl (C=O) groups excluding carboxylic acids is 3. The van der Waals surface area contributed by atoms with Gasteiger partial charge in [0.05, 0.1) is 27.8 Å². The number of rotatable bonds is 5. The molecule has 2 amide bonds. The van der Waals surface area contributed by atoms with E-state index in [0.717, 1.165) is 5.56 Å². The third-order valence-electron chi connectivity index (χ3n) is 7.03. The zero-order valence-corrected chi connectivity index (χ0v) is 21.3. The number of nitrogens with zero attached hydrogens (tertiary/aromatic N) is 4. The van der Waals surface area contributed by atoms with Gasteiger partial charge in [0.1, 0.15) is 5.82 Å². The first-order chi connectivity index (χ1) is 18.1. The Morgan fingerprint density at radius 1 is 1.11 bits per heavy atom. The number of halogens is 2. The summed E-state index contributed by atoms with van der Waals surface area (Å²) in [7, 11) is 0. The number of hydrogen-bond donors (Lipinski definition) is 2. The number of likely N-dealkylation sites (tertiary alicyclic amines) is 1. The van der Waals surface area contributed by atoms with Gasteiger partial charge in [-0.2, -0.15) is 0 Å². The summed E-state index contributed by atoms with van der Waals surface area (Å²) in [6.45, 7) is 6.42. The Hall–Kier alpha value is -3.73. The molecule has 3 aromatic rings. The Balaban J connectivity index is 1.36. The lowest BCUT2D eigenvalue weighted by Gasteiger charge is -2.36. The van der Waals surface area contributed by atoms with Gasteiger partial charge in [-0.1, -0.05) is 30.3 Å². The van der Waals surface area contributed by atoms with Crippen LogP contribution in [0.2, 0.25) is 5.02 Å². The zero-order chi connectivity index (χ0) is 27.1. The number of hydrogen-bond acceptors (Lipinski definition) is 6. The van der Waals surface area contributed by atoms with Crippen LogP contribution >= 0.6 is 11.6 Å². The van der Waals surface area contributed by atoms with Gasteiger partial charge in [0.15, 0.2) is 0 Å². The van der Waals surface area contributed by atoms with Crippen molar-refractivity contribution in [3.8, 4) is 0 Å². The van der Waals surface area contributed by atoms with E-state index in [0.29, 0.717) is 49.2 Å². The van der Waals surface area contributed by atoms with Gasteiger partial charge in [-0.3, -0.25) is 24.0 Å². The number of Topliss-reactive ketones (excluding diaryl/α,β-unsaturated/α-hetero) is 1. The smallest absolute Gasteiger partial charge is 0.295 e. The summed E-state index contributed by atoms with van der Waals surface area (Å²) in [6.07, 6.45) is 1.09. The van der Waals surface area contributed by atoms with Crippen LogP contribution in [0.3, 0.4) is 0 Å². The number of benzene rings is 2. The molecule has 0 radical (unpaired) electrons. The number of β-amino-alcohol motifs (C(OH)–C–C–N with tert-alkyl or cyclic N) is 1. The first-order valence-electron chi connectivity index (χ1n) is 12.2. The third-order valence-corrected chi connectivity index (χ3v) is 7.35. The van der Waals surface area contributed by atoms with Crippen molar-refractivity contribution in [2.24, 2.45) is 0 Å². The van der Waals surface area contributed by atoms with Crippen molar-refractivity contribution in [3.05, 3.63) is 82.4 Å². The summed E-state index contributed by atoms with van der Waals surface area (Å²) in [5, 5.41) is 10.2. The lowest BCUT2D eigenvalue weighted by atomic mass is 10.0. The van der Waals surface area contributed by atoms with Crippen molar-refractivity contribution in [1.29, 1.82) is 0 Å². The first kappa shape index (κ1) is 25.9. The van der Waals surface area contributed by atoms with E-state index >= 15 is 0 Å². The van der Waals surface area contributed by atoms with Gasteiger partial charge in [-0.05, 0) is 36.2 Å². The van der Waals surface area contributed by atoms with Gasteiger partial charge in [0.2, 0.25) is 0 Å². The van der Waals surface area contributed by atoms with Crippen molar-refractivity contribution < 1.29 is 23.9 Å². The number of ketones is 1. The minimum atomic E-state index is -0.771. The fourth-order valence-electron chi connectivity index (χ4n) is 5.00. The topological polar surface area (TPSA) is 112 Å². The molecule has 38 heavy (non-hydrogen) atoms. The van der Waals surface area contributed by atoms with Gasteiger partial charge in [-0.15, -0.1) is 0 Å². The van der Waals surface area contributed by atoms with Crippen LogP contribution in [-0.2, 0) is 11.3 Å². The van der Waals surface area contributed by atoms with E-state index in [4.69, 9.17) is 17.4 Å². The predicted octanol–water partition coefficient (Wildman–Crippen LogP) is 2.40. The van der Waals surface area contributed by atoms with E-state index in [2.05, 4.69) is 11.5 Å². The second-order valence-electron chi connectivity index (χ2n) is 9.68. The average Bonchev–Trinajstić information content (AvgIpc) is 3.46. The predicted molar refractivity (Wildman–Crippen MR) is 140 cm³/mol. The molecule has 0 bridgehead atoms. The maximum absolute atomic E-state index is 13.5. The van der Waals surface area contributed by atoms with Crippen molar-refractivity contribution in [2.45, 2.75) is 19.1 Å². The van der Waals surface area contributed by atoms with Crippen LogP contribution in [-0.4, -0.2) is 80.9 Å². The van der Waals surface area contributed by atoms with Gasteiger partial charge >= 0.3 is 0 Å². The van der Waals surface area contributed by atoms with Crippen LogP contribution in [0, 0.1) is 5.82 Å². The van der Waals surface area contributed by atoms with Crippen molar-refractivity contribution in [1.82, 2.24) is 19.4 Å². The highest BCUT2D eigenvalue weighted by Crippen LogP contribution is 2.30. The highest BCUT2D eigenvalue weighted by Gasteiger charge is 2.32. The molecular weight excluding hydrogens is 513 g/mol. The fourth-order valence-corrected chi connectivity index (χ4v) is 5.23. The summed E-state index contributed by atoms with van der Waals surface area (Å²) in [4.78, 5) is 44.4. The maximum Gasteiger partial charge on any atom is 0.295 e. The molecule has 0 aliphatic carbocycles. The molecule has 198 valence electrons. The van der Waals surface area contributed by atoms with E-state index in [9.17, 15) is 23.9 Å². The molecule has 2 aliphatic rings. The van der Waals surface area contributed by atoms with E-state index < -0.39 is 17.8 Å². The molecule has 2 aliphatic heterocycles. The largest absolute Gasteiger partial charge is 0.391 e. The Bertz CT molecular complexity index is 1450. The van der Waals surface area contributed by atoms with Gasteiger partial charge in [-0.25, -0.2) is 4.39 Å². The lowest BCUT2D eigenvalue weighted by molar-refractivity contribution is -0.125. The minimum Gasteiger partial charge on any atom is -0.391 e. The average molecular weight is 540 g/mol. The SMILES string of the molecule is C=C1CN(Cc2ccc(F)cc2)CCN1C(=O)c1cc2c(C(=O)C(=O)N3CC[C@H](O)C3)cn(N)c2cc1Cl. The molecule has 1 atom stereocenters. The molecule has 5 rings (SSSR count). The molecule has 0 unspecified atom stereocenters. The summed E-state index contributed by atoms with van der Waals surface area (Å²) < 4.78 is 14.4. The number of aliphatic hydroxyl groups is 1. The number of nitrogens with two attached hydrogens (primary N) is 1. The Labute approximate surface area is 223 Å². The normalized spacial score (nSPS) is 18.4. The third kappa shape index (κ3) is 4.90. The van der Waals surface area contributed by atoms with Crippen molar-refractivity contribution in [3.63, 3.8) is 0 Å². The molecule has 0 saturated carbocycles. The van der Waals surface area contributed by atoms with Crippen molar-refractivity contribution in [2.75, 3.05) is 38.6 Å². The molecule has 9 nitrogen and oxygen atoms in total. The van der Waals surface area contributed by atoms with E-state index in [1.54, 1.807) is 17.0 Å². The first-order valence-corrected chi connectivity index (χ1v) is 12.6. The Kier molecular flexibility index (Phi) is 6.95. The molecule has 2 aromatic carbocycles. The van der Waals surface area contributed by atoms with Crippen LogP contribution in [0.1, 0.15) is 32.7 Å². The summed E-state index contributed by atoms with van der Waals surface area (Å²) in [6, 6.07) is 9.27. The summed E-state index contributed by atoms with van der Waals surface area (Å²) >= 11 is 6.48. The van der Waals surface area contributed by atoms with Crippen LogP contribution in [0.15, 0.2) is 54.9 Å². The summed E-state index contributed by atoms with van der Waals surface area (Å²) in [5.41, 5.74) is 2.15. The number of amides is 2. The van der Waals surface area contributed by atoms with E-state index in [-0.39, 0.29) is 41.0 Å². The fraction of sp³-hybridized carbons (Fsp3) is 0.296. The second kappa shape index (κ2) is 10.2. The molecule has 3 heterocycles. The zero-order valence-electron chi connectivity index (χ0n) is 20.6. The molecule has 3 N–H and O–H groups in total. The highest BCUT2D eigenvalue weighted by atomic mass is 35.5. The quantitative estimate of drug-likeness (QED) is 0.292. The number of aliphatic hydroxyl groups excluding tert-OH is 1. The van der Waals surface area contributed by atoms with E-state index in [1.807, 2.05) is 0 Å². The molecule has 0 spiro atoms. The number of piperazine rings is 1. The maximum atomic E-state index is 13.5. The second-order valence-corrected chi connectivity index (χ2v) is 10.1. The number of fused-ring (bicyclic) bond motifs is 1. The molecule has 2 saturated heterocycles. The molecule has 2 fully saturated rings. The Morgan fingerprint density at radius 3 is 2.50 bits per heavy atom. The van der Waals surface area contributed by atoms with Gasteiger partial charge < -0.3 is 20.7 Å². The lowest BCUT2D eigenvalue weighted by Crippen LogP contribution is -2.46. The standard InChI is InChI=1S/C27H27ClFN5O4/c1-16-12-31(13-17-2-4-18(29)5-3-17)8-9-33(16)26(37)21-10-20-22(15-34(30)24(20)11-23(21)28)25(36)27(38)32-7-6-19(35)14-32/h2-5,10-11,15,19,35H,1,6-9,12-14,30H2/t19-/m0/s1. The van der Waals surface area contributed by atoms with E-state index in [1.165, 1.54) is 40.0 Å². The molecule has 11 heteroatoms. The van der Waals surface area contributed by atoms with Crippen LogP contribution in [0.5, 0.6) is 0 Å². The highest BCUT2D eigenvalue weighted by molar-refractivity contribution is 6.45. The Morgan fingerprint density at radius 2 is 1.84 bits per heavy atom. The van der Waals surface area contributed by atoms with Crippen molar-refractivity contribution >= 4 is 40.1 Å². The van der Waals surface area contributed by atoms with Gasteiger partial charge in [0, 0.05) is 56.5 Å². The monoisotopic (exact) mass is 539 g/mol. The molecular formula is C27H27ClFN5O4. The minimum absolute atomic E-state index is 0.0579. The van der Waals surface area contributed by atoms with Crippen LogP contribution in [0.25, 0.3) is 10.9 Å². The van der Waals surface area contributed by atoms with Crippen LogP contribution in [0.4, 0.5) is 4.39 Å². The number of carbonyl (C=O) groups is 3. The number of aromatic nitrogens is 1. The molecule has 1 aromatic heterocycles. The summed E-state index contributed by atoms with van der Waals surface area (Å²) in [5.74, 6) is 3.87. The number of nitrogen functional groups attached to an aromatic ring is 1.